The summed E-state index contributed by atoms with van der Waals surface area (Å²) in [5.74, 6) is 1.69. The Bertz CT molecular complexity index is 445. The lowest BCUT2D eigenvalue weighted by Gasteiger charge is -2.36. The molecule has 0 aromatic carbocycles. The molecule has 0 unspecified atom stereocenters. The number of rotatable bonds is 6. The largest absolute Gasteiger partial charge is 0.354 e. The summed E-state index contributed by atoms with van der Waals surface area (Å²) in [6, 6.07) is 0. The van der Waals surface area contributed by atoms with Crippen LogP contribution in [-0.4, -0.2) is 79.7 Å². The van der Waals surface area contributed by atoms with Crippen LogP contribution < -0.4 is 10.2 Å². The zero-order valence-electron chi connectivity index (χ0n) is 13.1. The third-order valence-corrected chi connectivity index (χ3v) is 4.16. The van der Waals surface area contributed by atoms with Crippen LogP contribution in [0, 0.1) is 0 Å². The van der Waals surface area contributed by atoms with Gasteiger partial charge < -0.3 is 15.1 Å². The summed E-state index contributed by atoms with van der Waals surface area (Å²) < 4.78 is 0.964. The van der Waals surface area contributed by atoms with E-state index in [-0.39, 0.29) is 0 Å². The molecule has 1 aromatic heterocycles. The minimum absolute atomic E-state index is 0.700. The van der Waals surface area contributed by atoms with Crippen LogP contribution in [0.25, 0.3) is 0 Å². The van der Waals surface area contributed by atoms with Gasteiger partial charge in [-0.05, 0) is 36.9 Å². The summed E-state index contributed by atoms with van der Waals surface area (Å²) in [5, 5.41) is 3.17. The maximum atomic E-state index is 4.62. The second-order valence-corrected chi connectivity index (χ2v) is 6.38. The molecule has 1 saturated heterocycles. The van der Waals surface area contributed by atoms with Gasteiger partial charge in [-0.15, -0.1) is 0 Å². The van der Waals surface area contributed by atoms with Crippen LogP contribution in [0.2, 0.25) is 0 Å². The van der Waals surface area contributed by atoms with Crippen molar-refractivity contribution in [2.75, 3.05) is 70.1 Å². The highest BCUT2D eigenvalue weighted by atomic mass is 79.9. The number of likely N-dealkylation sites (N-methyl/N-ethyl adjacent to an activating group) is 1. The number of aromatic nitrogens is 2. The van der Waals surface area contributed by atoms with Crippen LogP contribution >= 0.6 is 15.9 Å². The average Bonchev–Trinajstić information content (AvgIpc) is 2.48. The number of hydrogen-bond acceptors (Lipinski definition) is 6. The number of piperazine rings is 1. The van der Waals surface area contributed by atoms with E-state index >= 15 is 0 Å². The highest BCUT2D eigenvalue weighted by Gasteiger charge is 2.20. The van der Waals surface area contributed by atoms with E-state index in [1.807, 2.05) is 6.20 Å². The zero-order chi connectivity index (χ0) is 15.2. The summed E-state index contributed by atoms with van der Waals surface area (Å²) in [7, 11) is 4.24. The predicted molar refractivity (Wildman–Crippen MR) is 91.1 cm³/mol. The molecule has 2 rings (SSSR count). The molecule has 0 amide bonds. The van der Waals surface area contributed by atoms with Gasteiger partial charge in [-0.1, -0.05) is 0 Å². The van der Waals surface area contributed by atoms with Gasteiger partial charge in [-0.25, -0.2) is 4.98 Å². The minimum Gasteiger partial charge on any atom is -0.354 e. The molecule has 0 bridgehead atoms. The molecule has 2 heterocycles. The fourth-order valence-electron chi connectivity index (χ4n) is 2.35. The Kier molecular flexibility index (Phi) is 6.20. The van der Waals surface area contributed by atoms with Gasteiger partial charge in [0.05, 0.1) is 4.47 Å². The van der Waals surface area contributed by atoms with Gasteiger partial charge in [0.25, 0.3) is 0 Å². The number of nitrogens with one attached hydrogen (secondary N) is 1. The van der Waals surface area contributed by atoms with Crippen molar-refractivity contribution in [3.63, 3.8) is 0 Å². The molecule has 0 saturated carbocycles. The second-order valence-electron chi connectivity index (χ2n) is 5.53. The summed E-state index contributed by atoms with van der Waals surface area (Å²) in [6.07, 6.45) is 1.83. The van der Waals surface area contributed by atoms with E-state index in [1.165, 1.54) is 0 Å². The molecule has 6 nitrogen and oxygen atoms in total. The molecule has 1 N–H and O–H groups in total. The molecule has 0 aliphatic carbocycles. The van der Waals surface area contributed by atoms with E-state index in [0.717, 1.165) is 56.1 Å². The van der Waals surface area contributed by atoms with E-state index < -0.39 is 0 Å². The van der Waals surface area contributed by atoms with Crippen molar-refractivity contribution in [3.05, 3.63) is 10.7 Å². The molecular formula is C14H25BrN6. The molecule has 1 aliphatic rings. The van der Waals surface area contributed by atoms with Gasteiger partial charge in [-0.3, -0.25) is 4.90 Å². The van der Waals surface area contributed by atoms with E-state index in [9.17, 15) is 0 Å². The first kappa shape index (κ1) is 16.5. The fourth-order valence-corrected chi connectivity index (χ4v) is 2.79. The maximum Gasteiger partial charge on any atom is 0.224 e. The lowest BCUT2D eigenvalue weighted by Crippen LogP contribution is -2.48. The first-order valence-corrected chi connectivity index (χ1v) is 8.28. The molecule has 118 valence electrons. The summed E-state index contributed by atoms with van der Waals surface area (Å²) >= 11 is 3.57. The van der Waals surface area contributed by atoms with Gasteiger partial charge in [0, 0.05) is 52.0 Å². The number of anilines is 2. The Balaban J connectivity index is 1.93. The third kappa shape index (κ3) is 4.79. The van der Waals surface area contributed by atoms with Crippen LogP contribution in [0.1, 0.15) is 6.92 Å². The molecule has 21 heavy (non-hydrogen) atoms. The first-order valence-electron chi connectivity index (χ1n) is 7.48. The molecular weight excluding hydrogens is 332 g/mol. The number of nitrogens with zero attached hydrogens (tertiary/aromatic N) is 5. The van der Waals surface area contributed by atoms with Crippen LogP contribution in [0.5, 0.6) is 0 Å². The normalized spacial score (nSPS) is 16.5. The zero-order valence-corrected chi connectivity index (χ0v) is 14.7. The lowest BCUT2D eigenvalue weighted by atomic mass is 10.3. The molecule has 0 atom stereocenters. The summed E-state index contributed by atoms with van der Waals surface area (Å²) in [5.41, 5.74) is 0. The third-order valence-electron chi connectivity index (χ3n) is 3.60. The van der Waals surface area contributed by atoms with E-state index in [0.29, 0.717) is 5.95 Å². The number of hydrogen-bond donors (Lipinski definition) is 1. The molecule has 0 radical (unpaired) electrons. The highest BCUT2D eigenvalue weighted by Crippen LogP contribution is 2.25. The van der Waals surface area contributed by atoms with Crippen molar-refractivity contribution in [3.8, 4) is 0 Å². The molecule has 7 heteroatoms. The Morgan fingerprint density at radius 2 is 2.00 bits per heavy atom. The van der Waals surface area contributed by atoms with Crippen molar-refractivity contribution in [2.24, 2.45) is 0 Å². The molecule has 0 spiro atoms. The van der Waals surface area contributed by atoms with Crippen molar-refractivity contribution >= 4 is 27.7 Å². The quantitative estimate of drug-likeness (QED) is 0.830. The highest BCUT2D eigenvalue weighted by molar-refractivity contribution is 9.10. The van der Waals surface area contributed by atoms with Gasteiger partial charge >= 0.3 is 0 Å². The Labute approximate surface area is 135 Å². The van der Waals surface area contributed by atoms with Gasteiger partial charge in [0.15, 0.2) is 0 Å². The fraction of sp³-hybridized carbons (Fsp3) is 0.714. The lowest BCUT2D eigenvalue weighted by molar-refractivity contribution is 0.229. The molecule has 1 aliphatic heterocycles. The van der Waals surface area contributed by atoms with E-state index in [2.05, 4.69) is 66.9 Å². The summed E-state index contributed by atoms with van der Waals surface area (Å²) in [4.78, 5) is 16.0. The monoisotopic (exact) mass is 356 g/mol. The Hall–Kier alpha value is -0.920. The Morgan fingerprint density at radius 1 is 1.29 bits per heavy atom. The smallest absolute Gasteiger partial charge is 0.224 e. The summed E-state index contributed by atoms with van der Waals surface area (Å²) in [6.45, 7) is 9.31. The van der Waals surface area contributed by atoms with E-state index in [4.69, 9.17) is 0 Å². The number of halogens is 1. The van der Waals surface area contributed by atoms with Crippen molar-refractivity contribution in [1.29, 1.82) is 0 Å². The van der Waals surface area contributed by atoms with Crippen LogP contribution in [-0.2, 0) is 0 Å². The van der Waals surface area contributed by atoms with Gasteiger partial charge in [0.1, 0.15) is 5.82 Å². The second kappa shape index (κ2) is 7.91. The standard InChI is InChI=1S/C14H25BrN6/c1-4-16-14-17-11-12(15)13(18-14)21-9-7-20(8-10-21)6-5-19(2)3/h11H,4-10H2,1-3H3,(H,16,17,18). The van der Waals surface area contributed by atoms with E-state index in [1.54, 1.807) is 0 Å². The average molecular weight is 357 g/mol. The van der Waals surface area contributed by atoms with Crippen LogP contribution in [0.4, 0.5) is 11.8 Å². The first-order chi connectivity index (χ1) is 10.1. The van der Waals surface area contributed by atoms with Crippen LogP contribution in [0.3, 0.4) is 0 Å². The van der Waals surface area contributed by atoms with Crippen LogP contribution in [0.15, 0.2) is 10.7 Å². The van der Waals surface area contributed by atoms with Gasteiger partial charge in [-0.2, -0.15) is 4.98 Å². The van der Waals surface area contributed by atoms with Gasteiger partial charge in [0.2, 0.25) is 5.95 Å². The SMILES string of the molecule is CCNc1ncc(Br)c(N2CCN(CCN(C)C)CC2)n1. The predicted octanol–water partition coefficient (Wildman–Crippen LogP) is 1.35. The van der Waals surface area contributed by atoms with Crippen molar-refractivity contribution < 1.29 is 0 Å². The molecule has 1 aromatic rings. The maximum absolute atomic E-state index is 4.62. The van der Waals surface area contributed by atoms with Crippen molar-refractivity contribution in [1.82, 2.24) is 19.8 Å². The van der Waals surface area contributed by atoms with Crippen molar-refractivity contribution in [2.45, 2.75) is 6.92 Å². The molecule has 1 fully saturated rings. The minimum atomic E-state index is 0.700. The Morgan fingerprint density at radius 3 is 2.62 bits per heavy atom. The topological polar surface area (TPSA) is 47.5 Å².